The van der Waals surface area contributed by atoms with Crippen molar-refractivity contribution in [1.82, 2.24) is 14.7 Å². The van der Waals surface area contributed by atoms with E-state index in [0.29, 0.717) is 26.2 Å². The first-order valence-electron chi connectivity index (χ1n) is 9.46. The summed E-state index contributed by atoms with van der Waals surface area (Å²) in [5.41, 5.74) is 1.15. The molecule has 1 aromatic rings. The molecule has 0 saturated carbocycles. The first-order chi connectivity index (χ1) is 12.8. The molecular formula is C19H25N3O4S. The largest absolute Gasteiger partial charge is 0.442 e. The van der Waals surface area contributed by atoms with E-state index < -0.39 is 0 Å². The summed E-state index contributed by atoms with van der Waals surface area (Å²) in [6, 6.07) is 1.97. The highest BCUT2D eigenvalue weighted by Gasteiger charge is 2.51. The van der Waals surface area contributed by atoms with Crippen LogP contribution in [-0.4, -0.2) is 77.0 Å². The summed E-state index contributed by atoms with van der Waals surface area (Å²) in [4.78, 5) is 44.2. The monoisotopic (exact) mass is 391 g/mol. The molecule has 3 fully saturated rings. The number of fused-ring (bicyclic) bond motifs is 1. The van der Waals surface area contributed by atoms with E-state index in [2.05, 4.69) is 0 Å². The van der Waals surface area contributed by atoms with Crippen molar-refractivity contribution in [3.63, 3.8) is 0 Å². The molecule has 27 heavy (non-hydrogen) atoms. The highest BCUT2D eigenvalue weighted by molar-refractivity contribution is 7.14. The number of likely N-dealkylation sites (tertiary alicyclic amines) is 2. The number of rotatable bonds is 2. The minimum atomic E-state index is -0.275. The van der Waals surface area contributed by atoms with Crippen molar-refractivity contribution < 1.29 is 19.1 Å². The summed E-state index contributed by atoms with van der Waals surface area (Å²) in [6.45, 7) is 7.90. The molecule has 0 aliphatic carbocycles. The molecule has 1 aromatic heterocycles. The maximum Gasteiger partial charge on any atom is 0.410 e. The lowest BCUT2D eigenvalue weighted by atomic mass is 10.0. The lowest BCUT2D eigenvalue weighted by Crippen LogP contribution is -2.51. The summed E-state index contributed by atoms with van der Waals surface area (Å²) >= 11 is 1.54. The van der Waals surface area contributed by atoms with Crippen LogP contribution in [0.3, 0.4) is 0 Å². The van der Waals surface area contributed by atoms with Crippen LogP contribution in [0, 0.1) is 13.8 Å². The van der Waals surface area contributed by atoms with Gasteiger partial charge in [0.15, 0.2) is 0 Å². The lowest BCUT2D eigenvalue weighted by Gasteiger charge is -2.37. The Morgan fingerprint density at radius 1 is 1.15 bits per heavy atom. The molecule has 3 aliphatic rings. The maximum absolute atomic E-state index is 12.7. The Balaban J connectivity index is 1.39. The molecule has 4 rings (SSSR count). The minimum absolute atomic E-state index is 0.0161. The molecule has 3 amide bonds. The Bertz CT molecular complexity index is 764. The van der Waals surface area contributed by atoms with E-state index in [1.54, 1.807) is 23.2 Å². The van der Waals surface area contributed by atoms with Crippen LogP contribution in [0.15, 0.2) is 6.07 Å². The predicted molar refractivity (Wildman–Crippen MR) is 101 cm³/mol. The van der Waals surface area contributed by atoms with Crippen LogP contribution in [0.25, 0.3) is 0 Å². The summed E-state index contributed by atoms with van der Waals surface area (Å²) in [5, 5.41) is 0. The third-order valence-electron chi connectivity index (χ3n) is 6.02. The van der Waals surface area contributed by atoms with E-state index in [9.17, 15) is 14.4 Å². The smallest absolute Gasteiger partial charge is 0.410 e. The van der Waals surface area contributed by atoms with Crippen LogP contribution in [0.5, 0.6) is 0 Å². The van der Waals surface area contributed by atoms with Gasteiger partial charge in [0.25, 0.3) is 5.91 Å². The van der Waals surface area contributed by atoms with Crippen LogP contribution in [0.1, 0.15) is 39.9 Å². The van der Waals surface area contributed by atoms with Crippen molar-refractivity contribution in [1.29, 1.82) is 0 Å². The second-order valence-electron chi connectivity index (χ2n) is 7.69. The molecule has 7 nitrogen and oxygen atoms in total. The number of thiophene rings is 1. The zero-order valence-electron chi connectivity index (χ0n) is 15.9. The van der Waals surface area contributed by atoms with Crippen molar-refractivity contribution in [2.24, 2.45) is 0 Å². The zero-order chi connectivity index (χ0) is 19.3. The second kappa shape index (κ2) is 6.82. The SMILES string of the molecule is CC(=O)N1C[C@@H]2OC(=O)N(C3CCN(C(=O)c4cc(C)c(C)s4)CC3)[C@@H]2C1. The lowest BCUT2D eigenvalue weighted by molar-refractivity contribution is -0.128. The van der Waals surface area contributed by atoms with Crippen molar-refractivity contribution >= 4 is 29.2 Å². The van der Waals surface area contributed by atoms with Crippen LogP contribution < -0.4 is 0 Å². The molecule has 0 N–H and O–H groups in total. The standard InChI is InChI=1S/C19H25N3O4S/c1-11-8-17(27-12(11)2)18(24)20-6-4-14(5-7-20)22-15-9-21(13(3)23)10-16(15)26-19(22)25/h8,14-16H,4-7,9-10H2,1-3H3/t15-,16+/m1/s1. The Morgan fingerprint density at radius 2 is 1.85 bits per heavy atom. The van der Waals surface area contributed by atoms with Gasteiger partial charge in [-0.2, -0.15) is 0 Å². The van der Waals surface area contributed by atoms with Gasteiger partial charge in [0.05, 0.1) is 17.5 Å². The van der Waals surface area contributed by atoms with Crippen LogP contribution in [-0.2, 0) is 9.53 Å². The molecule has 0 radical (unpaired) electrons. The predicted octanol–water partition coefficient (Wildman–Crippen LogP) is 2.02. The quantitative estimate of drug-likeness (QED) is 0.773. The van der Waals surface area contributed by atoms with Crippen molar-refractivity contribution in [3.8, 4) is 0 Å². The fourth-order valence-corrected chi connectivity index (χ4v) is 5.33. The first kappa shape index (κ1) is 18.3. The van der Waals surface area contributed by atoms with Gasteiger partial charge in [-0.3, -0.25) is 14.5 Å². The van der Waals surface area contributed by atoms with E-state index in [1.807, 2.05) is 29.7 Å². The van der Waals surface area contributed by atoms with Crippen molar-refractivity contribution in [2.45, 2.75) is 51.8 Å². The summed E-state index contributed by atoms with van der Waals surface area (Å²) < 4.78 is 5.51. The van der Waals surface area contributed by atoms with E-state index in [4.69, 9.17) is 4.74 Å². The Labute approximate surface area is 162 Å². The van der Waals surface area contributed by atoms with Crippen LogP contribution >= 0.6 is 11.3 Å². The van der Waals surface area contributed by atoms with E-state index in [1.165, 1.54) is 4.88 Å². The molecule has 8 heteroatoms. The van der Waals surface area contributed by atoms with Gasteiger partial charge in [0.1, 0.15) is 6.10 Å². The van der Waals surface area contributed by atoms with Gasteiger partial charge in [-0.15, -0.1) is 11.3 Å². The van der Waals surface area contributed by atoms with Crippen LogP contribution in [0.4, 0.5) is 4.79 Å². The van der Waals surface area contributed by atoms with Gasteiger partial charge in [0, 0.05) is 37.5 Å². The Morgan fingerprint density at radius 3 is 2.44 bits per heavy atom. The third kappa shape index (κ3) is 3.20. The molecule has 0 unspecified atom stereocenters. The summed E-state index contributed by atoms with van der Waals surface area (Å²) in [7, 11) is 0. The highest BCUT2D eigenvalue weighted by Crippen LogP contribution is 2.32. The molecule has 0 spiro atoms. The van der Waals surface area contributed by atoms with E-state index in [-0.39, 0.29) is 36.1 Å². The Hall–Kier alpha value is -2.09. The molecule has 3 aliphatic heterocycles. The van der Waals surface area contributed by atoms with E-state index >= 15 is 0 Å². The average Bonchev–Trinajstić information content (AvgIpc) is 3.27. The number of piperidine rings is 1. The molecule has 4 heterocycles. The number of amides is 3. The second-order valence-corrected chi connectivity index (χ2v) is 8.95. The van der Waals surface area contributed by atoms with Gasteiger partial charge in [-0.25, -0.2) is 4.79 Å². The van der Waals surface area contributed by atoms with Crippen LogP contribution in [0.2, 0.25) is 0 Å². The number of ether oxygens (including phenoxy) is 1. The van der Waals surface area contributed by atoms with Crippen molar-refractivity contribution in [2.75, 3.05) is 26.2 Å². The average molecular weight is 391 g/mol. The molecule has 0 aromatic carbocycles. The maximum atomic E-state index is 12.7. The fraction of sp³-hybridized carbons (Fsp3) is 0.632. The van der Waals surface area contributed by atoms with Gasteiger partial charge < -0.3 is 14.5 Å². The molecule has 146 valence electrons. The number of carbonyl (C=O) groups is 3. The minimum Gasteiger partial charge on any atom is -0.442 e. The Kier molecular flexibility index (Phi) is 4.61. The van der Waals surface area contributed by atoms with Crippen molar-refractivity contribution in [3.05, 3.63) is 21.4 Å². The van der Waals surface area contributed by atoms with Gasteiger partial charge in [-0.05, 0) is 38.3 Å². The number of nitrogens with zero attached hydrogens (tertiary/aromatic N) is 3. The van der Waals surface area contributed by atoms with Gasteiger partial charge in [-0.1, -0.05) is 0 Å². The zero-order valence-corrected chi connectivity index (χ0v) is 16.8. The normalized spacial score (nSPS) is 25.7. The van der Waals surface area contributed by atoms with E-state index in [0.717, 1.165) is 23.3 Å². The first-order valence-corrected chi connectivity index (χ1v) is 10.3. The molecule has 0 bridgehead atoms. The highest BCUT2D eigenvalue weighted by atomic mass is 32.1. The number of hydrogen-bond donors (Lipinski definition) is 0. The number of aryl methyl sites for hydroxylation is 2. The number of carbonyl (C=O) groups excluding carboxylic acids is 3. The van der Waals surface area contributed by atoms with Gasteiger partial charge in [0.2, 0.25) is 5.91 Å². The summed E-state index contributed by atoms with van der Waals surface area (Å²) in [5.74, 6) is 0.0995. The molecular weight excluding hydrogens is 366 g/mol. The molecule has 2 atom stereocenters. The fourth-order valence-electron chi connectivity index (χ4n) is 4.32. The molecule has 3 saturated heterocycles. The van der Waals surface area contributed by atoms with Gasteiger partial charge >= 0.3 is 6.09 Å². The number of hydrogen-bond acceptors (Lipinski definition) is 5. The topological polar surface area (TPSA) is 70.2 Å². The summed E-state index contributed by atoms with van der Waals surface area (Å²) in [6.07, 6.45) is 0.988. The third-order valence-corrected chi connectivity index (χ3v) is 7.16.